The molecule has 0 fully saturated rings. The maximum atomic E-state index is 13.5. The second-order valence-corrected chi connectivity index (χ2v) is 16.6. The van der Waals surface area contributed by atoms with Crippen LogP contribution in [0.1, 0.15) is 45.7 Å². The highest BCUT2D eigenvalue weighted by Crippen LogP contribution is 2.38. The van der Waals surface area contributed by atoms with Gasteiger partial charge in [-0.15, -0.1) is 0 Å². The Morgan fingerprint density at radius 3 is 1.27 bits per heavy atom. The second-order valence-electron chi connectivity index (χ2n) is 13.6. The minimum Gasteiger partial charge on any atom is -0.324 e. The van der Waals surface area contributed by atoms with Crippen LogP contribution in [0.2, 0.25) is 40.2 Å². The number of ketones is 2. The number of hydrogen-bond donors (Lipinski definition) is 4. The van der Waals surface area contributed by atoms with Crippen molar-refractivity contribution < 1.29 is 28.8 Å². The van der Waals surface area contributed by atoms with Gasteiger partial charge in [0.05, 0.1) is 62.7 Å². The third-order valence-corrected chi connectivity index (χ3v) is 12.3. The van der Waals surface area contributed by atoms with E-state index in [9.17, 15) is 28.8 Å². The van der Waals surface area contributed by atoms with Gasteiger partial charge in [0.1, 0.15) is 11.4 Å². The number of anilines is 4. The number of halogens is 8. The van der Waals surface area contributed by atoms with Crippen molar-refractivity contribution in [2.24, 2.45) is 20.5 Å². The summed E-state index contributed by atoms with van der Waals surface area (Å²) in [5.41, 5.74) is 1.70. The lowest BCUT2D eigenvalue weighted by Gasteiger charge is -2.17. The number of amides is 4. The average molecular weight is 1030 g/mol. The van der Waals surface area contributed by atoms with Crippen molar-refractivity contribution in [2.75, 3.05) is 21.3 Å². The Balaban J connectivity index is 1.27. The van der Waals surface area contributed by atoms with E-state index in [0.717, 1.165) is 13.8 Å². The number of nitrogens with one attached hydrogen (secondary N) is 4. The molecule has 4 N–H and O–H groups in total. The van der Waals surface area contributed by atoms with Crippen molar-refractivity contribution in [1.82, 2.24) is 0 Å². The summed E-state index contributed by atoms with van der Waals surface area (Å²) < 4.78 is 0. The zero-order chi connectivity index (χ0) is 47.2. The highest BCUT2D eigenvalue weighted by Gasteiger charge is 2.27. The van der Waals surface area contributed by atoms with Gasteiger partial charge in [0.15, 0.2) is 11.6 Å². The highest BCUT2D eigenvalue weighted by atomic mass is 35.5. The van der Waals surface area contributed by atoms with Crippen molar-refractivity contribution in [3.63, 3.8) is 0 Å². The van der Waals surface area contributed by atoms with Gasteiger partial charge in [-0.05, 0) is 99.5 Å². The molecule has 5 aromatic carbocycles. The first-order valence-electron chi connectivity index (χ1n) is 18.2. The topological polar surface area (TPSA) is 200 Å². The largest absolute Gasteiger partial charge is 0.324 e. The van der Waals surface area contributed by atoms with E-state index in [1.165, 1.54) is 72.8 Å². The standard InChI is InChI=1S/C42H30Cl8N8O6/c1-17-15-21(51-41(63)37(19(3)59)57-55-28-9-5-7-22(30(28)45)39(61)52-26-13-11-24(43)32(47)34(26)49)16-18(2)36(17)54-42(64)38(20(4)60)58-56-29-10-6-8-23(31(29)46)40(62)53-27-14-12-25(44)33(48)35(27)50/h5-16,37-38H,1-4H3,(H,51,63)(H,52,61)(H,53,62)(H,54,64). The smallest absolute Gasteiger partial charge is 0.258 e. The molecule has 64 heavy (non-hydrogen) atoms. The highest BCUT2D eigenvalue weighted by molar-refractivity contribution is 6.50. The maximum absolute atomic E-state index is 13.5. The van der Waals surface area contributed by atoms with Gasteiger partial charge in [-0.1, -0.05) is 105 Å². The molecule has 0 spiro atoms. The molecule has 0 aliphatic rings. The zero-order valence-electron chi connectivity index (χ0n) is 33.3. The Morgan fingerprint density at radius 2 is 0.875 bits per heavy atom. The van der Waals surface area contributed by atoms with Crippen LogP contribution < -0.4 is 21.3 Å². The molecule has 22 heteroatoms. The number of nitrogens with zero attached hydrogens (tertiary/aromatic N) is 4. The fourth-order valence-electron chi connectivity index (χ4n) is 5.68. The van der Waals surface area contributed by atoms with Crippen LogP contribution in [0.15, 0.2) is 93.3 Å². The van der Waals surface area contributed by atoms with E-state index in [-0.39, 0.29) is 79.7 Å². The van der Waals surface area contributed by atoms with Gasteiger partial charge < -0.3 is 21.3 Å². The van der Waals surface area contributed by atoms with E-state index >= 15 is 0 Å². The van der Waals surface area contributed by atoms with Crippen LogP contribution in [0.4, 0.5) is 34.1 Å². The first-order valence-corrected chi connectivity index (χ1v) is 21.2. The summed E-state index contributed by atoms with van der Waals surface area (Å²) in [7, 11) is 0. The summed E-state index contributed by atoms with van der Waals surface area (Å²) in [5.74, 6) is -4.34. The van der Waals surface area contributed by atoms with Gasteiger partial charge in [-0.25, -0.2) is 0 Å². The molecule has 0 saturated carbocycles. The van der Waals surface area contributed by atoms with E-state index in [4.69, 9.17) is 92.8 Å². The molecule has 4 amide bonds. The van der Waals surface area contributed by atoms with E-state index < -0.39 is 47.3 Å². The van der Waals surface area contributed by atoms with Crippen LogP contribution in [0.3, 0.4) is 0 Å². The third kappa shape index (κ3) is 11.7. The SMILES string of the molecule is CC(=O)C(N=Nc1cccc(C(=O)Nc2ccc(Cl)c(Cl)c2Cl)c1Cl)C(=O)Nc1cc(C)c(NC(=O)C(N=Nc2cccc(C(=O)Nc3ccc(Cl)c(Cl)c3Cl)c2Cl)C(C)=O)c(C)c1. The predicted octanol–water partition coefficient (Wildman–Crippen LogP) is 13.4. The van der Waals surface area contributed by atoms with Crippen LogP contribution in [-0.2, 0) is 19.2 Å². The normalized spacial score (nSPS) is 12.2. The average Bonchev–Trinajstić information content (AvgIpc) is 3.23. The number of Topliss-reactive ketones (excluding diaryl/α,β-unsaturated/α-hetero) is 2. The minimum absolute atomic E-state index is 0.0140. The summed E-state index contributed by atoms with van der Waals surface area (Å²) in [4.78, 5) is 78.3. The minimum atomic E-state index is -1.63. The Bertz CT molecular complexity index is 2800. The fraction of sp³-hybridized carbons (Fsp3) is 0.143. The molecule has 0 heterocycles. The molecule has 0 saturated heterocycles. The molecular weight excluding hydrogens is 996 g/mol. The Hall–Kier alpha value is -5.16. The number of azo groups is 2. The number of benzene rings is 5. The molecule has 2 atom stereocenters. The molecule has 0 radical (unpaired) electrons. The lowest BCUT2D eigenvalue weighted by molar-refractivity contribution is -0.127. The second kappa shape index (κ2) is 21.7. The summed E-state index contributed by atoms with van der Waals surface area (Å²) >= 11 is 49.6. The summed E-state index contributed by atoms with van der Waals surface area (Å²) in [6.45, 7) is 5.55. The lowest BCUT2D eigenvalue weighted by Crippen LogP contribution is -2.33. The predicted molar refractivity (Wildman–Crippen MR) is 253 cm³/mol. The summed E-state index contributed by atoms with van der Waals surface area (Å²) in [6.07, 6.45) is 0. The quantitative estimate of drug-likeness (QED) is 0.0484. The van der Waals surface area contributed by atoms with Gasteiger partial charge in [0.2, 0.25) is 12.1 Å². The molecule has 0 bridgehead atoms. The van der Waals surface area contributed by atoms with Gasteiger partial charge >= 0.3 is 0 Å². The van der Waals surface area contributed by atoms with E-state index in [1.807, 2.05) is 0 Å². The van der Waals surface area contributed by atoms with Crippen LogP contribution in [0, 0.1) is 13.8 Å². The van der Waals surface area contributed by atoms with Gasteiger partial charge in [0, 0.05) is 11.4 Å². The van der Waals surface area contributed by atoms with Gasteiger partial charge in [-0.2, -0.15) is 20.5 Å². The van der Waals surface area contributed by atoms with Gasteiger partial charge in [-0.3, -0.25) is 28.8 Å². The van der Waals surface area contributed by atoms with Crippen LogP contribution >= 0.6 is 92.8 Å². The van der Waals surface area contributed by atoms with E-state index in [0.29, 0.717) is 16.8 Å². The first kappa shape index (κ1) is 49.8. The number of hydrogen-bond acceptors (Lipinski definition) is 10. The van der Waals surface area contributed by atoms with Crippen molar-refractivity contribution in [3.8, 4) is 0 Å². The van der Waals surface area contributed by atoms with E-state index in [2.05, 4.69) is 41.7 Å². The molecule has 0 aliphatic carbocycles. The molecule has 2 unspecified atom stereocenters. The van der Waals surface area contributed by atoms with Crippen molar-refractivity contribution in [2.45, 2.75) is 39.8 Å². The number of rotatable bonds is 14. The van der Waals surface area contributed by atoms with Crippen LogP contribution in [0.25, 0.3) is 0 Å². The molecule has 5 rings (SSSR count). The molecule has 0 aliphatic heterocycles. The number of carbonyl (C=O) groups is 6. The first-order chi connectivity index (χ1) is 30.2. The van der Waals surface area contributed by atoms with Crippen molar-refractivity contribution in [3.05, 3.63) is 135 Å². The monoisotopic (exact) mass is 1020 g/mol. The Morgan fingerprint density at radius 1 is 0.484 bits per heavy atom. The van der Waals surface area contributed by atoms with Crippen molar-refractivity contribution >= 4 is 162 Å². The molecule has 330 valence electrons. The van der Waals surface area contributed by atoms with Crippen LogP contribution in [0.5, 0.6) is 0 Å². The molecule has 14 nitrogen and oxygen atoms in total. The van der Waals surface area contributed by atoms with Crippen LogP contribution in [-0.4, -0.2) is 47.3 Å². The van der Waals surface area contributed by atoms with Gasteiger partial charge in [0.25, 0.3) is 23.6 Å². The zero-order valence-corrected chi connectivity index (χ0v) is 39.4. The Labute approximate surface area is 405 Å². The third-order valence-electron chi connectivity index (χ3n) is 8.89. The summed E-state index contributed by atoms with van der Waals surface area (Å²) in [6, 6.07) is 14.2. The molecular formula is C42H30Cl8N8O6. The maximum Gasteiger partial charge on any atom is 0.258 e. The number of carbonyl (C=O) groups excluding carboxylic acids is 6. The van der Waals surface area contributed by atoms with E-state index in [1.54, 1.807) is 13.8 Å². The fourth-order valence-corrected chi connectivity index (χ4v) is 7.35. The Kier molecular flexibility index (Phi) is 16.9. The molecule has 5 aromatic rings. The lowest BCUT2D eigenvalue weighted by atomic mass is 10.1. The summed E-state index contributed by atoms with van der Waals surface area (Å²) in [5, 5.41) is 26.6. The number of aryl methyl sites for hydroxylation is 2. The molecule has 0 aromatic heterocycles. The van der Waals surface area contributed by atoms with Crippen molar-refractivity contribution in [1.29, 1.82) is 0 Å².